The summed E-state index contributed by atoms with van der Waals surface area (Å²) < 4.78 is 52.6. The van der Waals surface area contributed by atoms with Crippen molar-refractivity contribution in [2.24, 2.45) is 11.8 Å². The molecule has 0 unspecified atom stereocenters. The Morgan fingerprint density at radius 2 is 1.98 bits per heavy atom. The molecule has 50 heavy (non-hydrogen) atoms. The average molecular weight is 732 g/mol. The molecule has 3 aliphatic rings. The van der Waals surface area contributed by atoms with Crippen LogP contribution in [0.25, 0.3) is 10.2 Å². The van der Waals surface area contributed by atoms with Crippen molar-refractivity contribution in [1.82, 2.24) is 19.5 Å². The monoisotopic (exact) mass is 731 g/mol. The number of thiazole rings is 1. The molecule has 3 fully saturated rings. The number of carbonyl (C=O) groups excluding carboxylic acids is 1. The first-order valence-electron chi connectivity index (χ1n) is 17.4. The molecule has 3 aromatic rings. The molecule has 3 saturated heterocycles. The summed E-state index contributed by atoms with van der Waals surface area (Å²) >= 11 is 1.43. The Bertz CT molecular complexity index is 1680. The molecule has 13 nitrogen and oxygen atoms in total. The molecule has 3 aliphatic heterocycles. The van der Waals surface area contributed by atoms with Crippen molar-refractivity contribution in [3.05, 3.63) is 54.1 Å². The van der Waals surface area contributed by atoms with Crippen molar-refractivity contribution >= 4 is 42.8 Å². The molecule has 274 valence electrons. The Hall–Kier alpha value is -2.89. The zero-order valence-electron chi connectivity index (χ0n) is 28.9. The van der Waals surface area contributed by atoms with Gasteiger partial charge in [-0.05, 0) is 48.9 Å². The Labute approximate surface area is 298 Å². The second-order valence-corrected chi connectivity index (χ2v) is 16.7. The molecule has 4 heterocycles. The van der Waals surface area contributed by atoms with E-state index >= 15 is 0 Å². The fourth-order valence-electron chi connectivity index (χ4n) is 6.86. The smallest absolute Gasteiger partial charge is 0.407 e. The zero-order valence-corrected chi connectivity index (χ0v) is 30.5. The van der Waals surface area contributed by atoms with Gasteiger partial charge in [0.05, 0.1) is 53.0 Å². The van der Waals surface area contributed by atoms with E-state index < -0.39 is 34.4 Å². The Morgan fingerprint density at radius 1 is 1.16 bits per heavy atom. The summed E-state index contributed by atoms with van der Waals surface area (Å²) in [5.74, 6) is -0.0592. The number of rotatable bonds is 16. The van der Waals surface area contributed by atoms with Crippen molar-refractivity contribution in [3.8, 4) is 0 Å². The molecular formula is C35H49N5O8S2. The van der Waals surface area contributed by atoms with Gasteiger partial charge in [0.15, 0.2) is 11.4 Å². The summed E-state index contributed by atoms with van der Waals surface area (Å²) in [6.07, 6.45) is -0.752. The first kappa shape index (κ1) is 36.9. The van der Waals surface area contributed by atoms with Gasteiger partial charge in [0.25, 0.3) is 0 Å². The highest BCUT2D eigenvalue weighted by atomic mass is 32.2. The van der Waals surface area contributed by atoms with Crippen LogP contribution in [0.3, 0.4) is 0 Å². The molecule has 1 aromatic heterocycles. The van der Waals surface area contributed by atoms with E-state index in [1.54, 1.807) is 25.3 Å². The van der Waals surface area contributed by atoms with Crippen LogP contribution in [0.1, 0.15) is 32.3 Å². The van der Waals surface area contributed by atoms with Crippen LogP contribution < -0.4 is 10.6 Å². The average Bonchev–Trinajstić information content (AvgIpc) is 3.89. The van der Waals surface area contributed by atoms with E-state index in [4.69, 9.17) is 23.9 Å². The van der Waals surface area contributed by atoms with Crippen LogP contribution >= 0.6 is 11.3 Å². The lowest BCUT2D eigenvalue weighted by atomic mass is 10.0. The topological polar surface area (TPSA) is 152 Å². The molecule has 0 aliphatic carbocycles. The number of nitrogens with zero attached hydrogens (tertiary/aromatic N) is 3. The third-order valence-corrected chi connectivity index (χ3v) is 12.3. The normalized spacial score (nSPS) is 23.8. The fourth-order valence-corrected chi connectivity index (χ4v) is 9.57. The number of nitrogens with one attached hydrogen (secondary N) is 2. The number of benzene rings is 2. The Morgan fingerprint density at radius 3 is 2.76 bits per heavy atom. The summed E-state index contributed by atoms with van der Waals surface area (Å²) in [7, 11) is -2.33. The van der Waals surface area contributed by atoms with Crippen LogP contribution in [0.5, 0.6) is 0 Å². The van der Waals surface area contributed by atoms with Crippen molar-refractivity contribution in [1.29, 1.82) is 0 Å². The lowest BCUT2D eigenvalue weighted by Gasteiger charge is -2.31. The Kier molecular flexibility index (Phi) is 12.3. The van der Waals surface area contributed by atoms with Crippen LogP contribution in [0, 0.1) is 11.8 Å². The van der Waals surface area contributed by atoms with Crippen LogP contribution in [-0.4, -0.2) is 124 Å². The quantitative estimate of drug-likeness (QED) is 0.199. The third kappa shape index (κ3) is 9.12. The minimum Gasteiger partial charge on any atom is -0.443 e. The summed E-state index contributed by atoms with van der Waals surface area (Å²) in [4.78, 5) is 20.4. The van der Waals surface area contributed by atoms with Gasteiger partial charge in [-0.2, -0.15) is 4.31 Å². The number of methoxy groups -OCH3 is 1. The minimum atomic E-state index is -4.04. The Balaban J connectivity index is 1.16. The van der Waals surface area contributed by atoms with E-state index in [0.29, 0.717) is 13.2 Å². The molecule has 15 heteroatoms. The SMILES string of the molecule is COCCN1CC[C@H](Nc2nc3ccc(S(=O)(=O)N(CC(C)C)C[C@@H](O)[C@H](Cc4ccccc4)NC(=O)O[C@H]4CO[C@H]5OCC[C@H]54)cc3s2)C1. The molecule has 2 aromatic carbocycles. The van der Waals surface area contributed by atoms with Gasteiger partial charge >= 0.3 is 6.09 Å². The number of carbonyl (C=O) groups is 1. The van der Waals surface area contributed by atoms with E-state index in [1.165, 1.54) is 15.6 Å². The molecule has 6 rings (SSSR count). The molecule has 1 amide bonds. The molecule has 6 atom stereocenters. The van der Waals surface area contributed by atoms with E-state index in [2.05, 4.69) is 15.5 Å². The highest BCUT2D eigenvalue weighted by Crippen LogP contribution is 2.33. The maximum Gasteiger partial charge on any atom is 0.407 e. The highest BCUT2D eigenvalue weighted by molar-refractivity contribution is 7.89. The molecule has 0 saturated carbocycles. The number of aliphatic hydroxyl groups is 1. The summed E-state index contributed by atoms with van der Waals surface area (Å²) in [6.45, 7) is 8.07. The van der Waals surface area contributed by atoms with Gasteiger partial charge in [-0.1, -0.05) is 55.5 Å². The van der Waals surface area contributed by atoms with Crippen molar-refractivity contribution < 1.29 is 37.3 Å². The largest absolute Gasteiger partial charge is 0.443 e. The van der Waals surface area contributed by atoms with E-state index in [9.17, 15) is 18.3 Å². The van der Waals surface area contributed by atoms with Gasteiger partial charge in [0, 0.05) is 45.9 Å². The van der Waals surface area contributed by atoms with Gasteiger partial charge < -0.3 is 34.7 Å². The predicted octanol–water partition coefficient (Wildman–Crippen LogP) is 3.54. The summed E-state index contributed by atoms with van der Waals surface area (Å²) in [6, 6.07) is 13.8. The second-order valence-electron chi connectivity index (χ2n) is 13.8. The number of likely N-dealkylation sites (tertiary alicyclic amines) is 1. The lowest BCUT2D eigenvalue weighted by molar-refractivity contribution is -0.0907. The number of sulfonamides is 1. The maximum atomic E-state index is 14.2. The van der Waals surface area contributed by atoms with Crippen LogP contribution in [0.15, 0.2) is 53.4 Å². The van der Waals surface area contributed by atoms with Gasteiger partial charge in [-0.25, -0.2) is 18.2 Å². The number of fused-ring (bicyclic) bond motifs is 2. The second kappa shape index (κ2) is 16.6. The van der Waals surface area contributed by atoms with Crippen LogP contribution in [-0.2, 0) is 35.4 Å². The van der Waals surface area contributed by atoms with Crippen molar-refractivity contribution in [3.63, 3.8) is 0 Å². The zero-order chi connectivity index (χ0) is 35.3. The number of hydrogen-bond acceptors (Lipinski definition) is 12. The number of aromatic nitrogens is 1. The van der Waals surface area contributed by atoms with Gasteiger partial charge in [0.1, 0.15) is 6.10 Å². The van der Waals surface area contributed by atoms with Crippen molar-refractivity contribution in [2.75, 3.05) is 65.0 Å². The molecule has 0 spiro atoms. The van der Waals surface area contributed by atoms with Gasteiger partial charge in [-0.3, -0.25) is 4.90 Å². The van der Waals surface area contributed by atoms with E-state index in [-0.39, 0.29) is 55.2 Å². The highest BCUT2D eigenvalue weighted by Gasteiger charge is 2.44. The lowest BCUT2D eigenvalue weighted by Crippen LogP contribution is -2.51. The van der Waals surface area contributed by atoms with E-state index in [0.717, 1.165) is 53.4 Å². The molecule has 0 radical (unpaired) electrons. The predicted molar refractivity (Wildman–Crippen MR) is 191 cm³/mol. The first-order valence-corrected chi connectivity index (χ1v) is 19.7. The number of ether oxygens (including phenoxy) is 4. The standard InChI is InChI=1S/C35H49N5O8S2/c1-23(2)19-40(50(43,44)26-9-10-28-32(18-26)49-34(37-28)36-25-11-13-39(20-25)14-16-45-3)21-30(41)29(17-24-7-5-4-6-8-24)38-35(42)48-31-22-47-33-27(31)12-15-46-33/h4-10,18,23,25,27,29-31,33,41H,11-17,19-22H2,1-3H3,(H,36,37)(H,38,42)/t25-,27-,29-,30+,31-,33+/m0/s1. The van der Waals surface area contributed by atoms with Gasteiger partial charge in [-0.15, -0.1) is 0 Å². The minimum absolute atomic E-state index is 0.0239. The number of aliphatic hydroxyl groups excluding tert-OH is 1. The molecular weight excluding hydrogens is 683 g/mol. The summed E-state index contributed by atoms with van der Waals surface area (Å²) in [5.41, 5.74) is 1.60. The van der Waals surface area contributed by atoms with Crippen LogP contribution in [0.2, 0.25) is 0 Å². The third-order valence-electron chi connectivity index (χ3n) is 9.48. The fraction of sp³-hybridized carbons (Fsp3) is 0.600. The van der Waals surface area contributed by atoms with E-state index in [1.807, 2.05) is 44.2 Å². The maximum absolute atomic E-state index is 14.2. The van der Waals surface area contributed by atoms with Crippen molar-refractivity contribution in [2.45, 2.75) is 68.6 Å². The number of alkyl carbamates (subject to hydrolysis) is 1. The number of anilines is 1. The molecule has 3 N–H and O–H groups in total. The first-order chi connectivity index (χ1) is 24.1. The molecule has 0 bridgehead atoms. The summed E-state index contributed by atoms with van der Waals surface area (Å²) in [5, 5.41) is 18.8. The number of amides is 1. The van der Waals surface area contributed by atoms with Gasteiger partial charge in [0.2, 0.25) is 10.0 Å². The number of hydrogen-bond donors (Lipinski definition) is 3. The van der Waals surface area contributed by atoms with Crippen LogP contribution in [0.4, 0.5) is 9.93 Å².